The first-order chi connectivity index (χ1) is 12.8. The third-order valence-electron chi connectivity index (χ3n) is 4.27. The summed E-state index contributed by atoms with van der Waals surface area (Å²) in [6, 6.07) is 12.1. The molecule has 2 aromatic heterocycles. The highest BCUT2D eigenvalue weighted by Crippen LogP contribution is 2.37. The highest BCUT2D eigenvalue weighted by molar-refractivity contribution is 7.90. The zero-order valence-corrected chi connectivity index (χ0v) is 16.2. The Morgan fingerprint density at radius 3 is 2.52 bits per heavy atom. The molecular formula is C20H20N2O4S. The first kappa shape index (κ1) is 18.8. The predicted octanol–water partition coefficient (Wildman–Crippen LogP) is 2.74. The molecule has 27 heavy (non-hydrogen) atoms. The number of para-hydroxylation sites is 1. The second kappa shape index (κ2) is 7.36. The van der Waals surface area contributed by atoms with Crippen molar-refractivity contribution in [2.45, 2.75) is 18.4 Å². The van der Waals surface area contributed by atoms with E-state index < -0.39 is 9.84 Å². The summed E-state index contributed by atoms with van der Waals surface area (Å²) in [4.78, 5) is 16.6. The van der Waals surface area contributed by atoms with Gasteiger partial charge in [-0.15, -0.1) is 0 Å². The number of hydrogen-bond acceptors (Lipinski definition) is 5. The van der Waals surface area contributed by atoms with Gasteiger partial charge < -0.3 is 9.30 Å². The van der Waals surface area contributed by atoms with Crippen molar-refractivity contribution >= 4 is 9.84 Å². The molecule has 0 N–H and O–H groups in total. The Bertz CT molecular complexity index is 1140. The van der Waals surface area contributed by atoms with E-state index in [4.69, 9.17) is 4.74 Å². The number of sulfone groups is 1. The maximum Gasteiger partial charge on any atom is 0.253 e. The minimum absolute atomic E-state index is 0.0796. The van der Waals surface area contributed by atoms with Gasteiger partial charge in [-0.3, -0.25) is 9.78 Å². The molecule has 0 radical (unpaired) electrons. The molecule has 0 spiro atoms. The average Bonchev–Trinajstić information content (AvgIpc) is 2.64. The van der Waals surface area contributed by atoms with E-state index in [1.807, 2.05) is 6.07 Å². The molecule has 3 rings (SSSR count). The number of aromatic nitrogens is 2. The van der Waals surface area contributed by atoms with E-state index >= 15 is 0 Å². The van der Waals surface area contributed by atoms with Crippen LogP contribution in [0.3, 0.4) is 0 Å². The Balaban J connectivity index is 2.17. The van der Waals surface area contributed by atoms with Gasteiger partial charge in [0, 0.05) is 36.8 Å². The summed E-state index contributed by atoms with van der Waals surface area (Å²) in [5, 5.41) is 0. The minimum Gasteiger partial charge on any atom is -0.485 e. The first-order valence-corrected chi connectivity index (χ1v) is 10.2. The van der Waals surface area contributed by atoms with E-state index in [9.17, 15) is 13.2 Å². The number of rotatable bonds is 5. The van der Waals surface area contributed by atoms with Crippen LogP contribution in [0.25, 0.3) is 11.1 Å². The molecule has 0 aliphatic rings. The van der Waals surface area contributed by atoms with Gasteiger partial charge in [-0.1, -0.05) is 18.2 Å². The zero-order chi connectivity index (χ0) is 19.6. The van der Waals surface area contributed by atoms with Crippen molar-refractivity contribution in [3.05, 3.63) is 76.5 Å². The smallest absolute Gasteiger partial charge is 0.253 e. The second-order valence-electron chi connectivity index (χ2n) is 6.29. The van der Waals surface area contributed by atoms with E-state index in [1.165, 1.54) is 10.6 Å². The Morgan fingerprint density at radius 2 is 1.85 bits per heavy atom. The standard InChI is InChI=1S/C20H20N2O4S/c1-14-16(10-12-22(2)20(14)23)17-8-6-9-18(27(3,24)25)19(17)26-13-15-7-4-5-11-21-15/h4-12H,13H2,1-3H3. The van der Waals surface area contributed by atoms with Gasteiger partial charge in [0.2, 0.25) is 0 Å². The molecular weight excluding hydrogens is 364 g/mol. The molecule has 1 aromatic carbocycles. The van der Waals surface area contributed by atoms with Gasteiger partial charge in [-0.05, 0) is 36.8 Å². The molecule has 3 aromatic rings. The largest absolute Gasteiger partial charge is 0.485 e. The number of pyridine rings is 2. The van der Waals surface area contributed by atoms with E-state index in [0.717, 1.165) is 6.26 Å². The summed E-state index contributed by atoms with van der Waals surface area (Å²) in [6.07, 6.45) is 4.43. The van der Waals surface area contributed by atoms with Gasteiger partial charge in [0.05, 0.1) is 5.69 Å². The number of aryl methyl sites for hydroxylation is 1. The summed E-state index contributed by atoms with van der Waals surface area (Å²) in [6.45, 7) is 1.83. The van der Waals surface area contributed by atoms with Crippen molar-refractivity contribution in [1.82, 2.24) is 9.55 Å². The molecule has 0 atom stereocenters. The fourth-order valence-electron chi connectivity index (χ4n) is 2.85. The van der Waals surface area contributed by atoms with Gasteiger partial charge in [-0.2, -0.15) is 0 Å². The Morgan fingerprint density at radius 1 is 1.07 bits per heavy atom. The van der Waals surface area contributed by atoms with E-state index in [0.29, 0.717) is 22.4 Å². The van der Waals surface area contributed by atoms with E-state index in [1.54, 1.807) is 56.7 Å². The van der Waals surface area contributed by atoms with Crippen molar-refractivity contribution in [3.8, 4) is 16.9 Å². The fraction of sp³-hybridized carbons (Fsp3) is 0.200. The average molecular weight is 384 g/mol. The van der Waals surface area contributed by atoms with Crippen molar-refractivity contribution in [1.29, 1.82) is 0 Å². The molecule has 0 saturated carbocycles. The molecule has 0 saturated heterocycles. The molecule has 0 fully saturated rings. The highest BCUT2D eigenvalue weighted by atomic mass is 32.2. The van der Waals surface area contributed by atoms with Gasteiger partial charge in [0.25, 0.3) is 5.56 Å². The maximum absolute atomic E-state index is 12.3. The van der Waals surface area contributed by atoms with Crippen LogP contribution in [0.4, 0.5) is 0 Å². The van der Waals surface area contributed by atoms with Gasteiger partial charge in [-0.25, -0.2) is 8.42 Å². The van der Waals surface area contributed by atoms with E-state index in [2.05, 4.69) is 4.98 Å². The molecule has 0 aliphatic heterocycles. The highest BCUT2D eigenvalue weighted by Gasteiger charge is 2.21. The Hall–Kier alpha value is -2.93. The summed E-state index contributed by atoms with van der Waals surface area (Å²) in [5.41, 5.74) is 2.25. The molecule has 0 bridgehead atoms. The first-order valence-electron chi connectivity index (χ1n) is 8.31. The van der Waals surface area contributed by atoms with Crippen LogP contribution in [-0.4, -0.2) is 24.2 Å². The van der Waals surface area contributed by atoms with Crippen LogP contribution in [0.2, 0.25) is 0 Å². The van der Waals surface area contributed by atoms with Crippen molar-refractivity contribution in [3.63, 3.8) is 0 Å². The fourth-order valence-corrected chi connectivity index (χ4v) is 3.68. The van der Waals surface area contributed by atoms with Gasteiger partial charge in [0.15, 0.2) is 9.84 Å². The van der Waals surface area contributed by atoms with Crippen LogP contribution >= 0.6 is 0 Å². The van der Waals surface area contributed by atoms with Crippen molar-refractivity contribution in [2.24, 2.45) is 7.05 Å². The topological polar surface area (TPSA) is 78.3 Å². The third-order valence-corrected chi connectivity index (χ3v) is 5.39. The summed E-state index contributed by atoms with van der Waals surface area (Å²) < 4.78 is 32.0. The number of benzene rings is 1. The minimum atomic E-state index is -3.53. The van der Waals surface area contributed by atoms with Crippen LogP contribution in [-0.2, 0) is 23.5 Å². The molecule has 140 valence electrons. The van der Waals surface area contributed by atoms with Crippen LogP contribution in [0.15, 0.2) is 64.5 Å². The number of hydrogen-bond donors (Lipinski definition) is 0. The van der Waals surface area contributed by atoms with E-state index in [-0.39, 0.29) is 22.8 Å². The predicted molar refractivity (Wildman–Crippen MR) is 104 cm³/mol. The molecule has 2 heterocycles. The van der Waals surface area contributed by atoms with Crippen LogP contribution in [0.5, 0.6) is 5.75 Å². The number of ether oxygens (including phenoxy) is 1. The normalized spacial score (nSPS) is 11.4. The van der Waals surface area contributed by atoms with Crippen LogP contribution < -0.4 is 10.3 Å². The quantitative estimate of drug-likeness (QED) is 0.676. The lowest BCUT2D eigenvalue weighted by atomic mass is 10.0. The van der Waals surface area contributed by atoms with Crippen LogP contribution in [0, 0.1) is 6.92 Å². The van der Waals surface area contributed by atoms with Gasteiger partial charge >= 0.3 is 0 Å². The Labute approximate surface area is 158 Å². The second-order valence-corrected chi connectivity index (χ2v) is 8.27. The van der Waals surface area contributed by atoms with Crippen LogP contribution in [0.1, 0.15) is 11.3 Å². The third kappa shape index (κ3) is 3.93. The molecule has 0 unspecified atom stereocenters. The summed E-state index contributed by atoms with van der Waals surface area (Å²) >= 11 is 0. The SMILES string of the molecule is Cc1c(-c2cccc(S(C)(=O)=O)c2OCc2ccccn2)ccn(C)c1=O. The molecule has 6 nitrogen and oxygen atoms in total. The summed E-state index contributed by atoms with van der Waals surface area (Å²) in [7, 11) is -1.86. The lowest BCUT2D eigenvalue weighted by Crippen LogP contribution is -2.19. The van der Waals surface area contributed by atoms with Crippen molar-refractivity contribution < 1.29 is 13.2 Å². The lowest BCUT2D eigenvalue weighted by Gasteiger charge is -2.16. The zero-order valence-electron chi connectivity index (χ0n) is 15.3. The monoisotopic (exact) mass is 384 g/mol. The van der Waals surface area contributed by atoms with Gasteiger partial charge in [0.1, 0.15) is 17.3 Å². The maximum atomic E-state index is 12.3. The summed E-state index contributed by atoms with van der Waals surface area (Å²) in [5.74, 6) is 0.224. The molecule has 0 aliphatic carbocycles. The van der Waals surface area contributed by atoms with Crippen molar-refractivity contribution in [2.75, 3.05) is 6.26 Å². The Kier molecular flexibility index (Phi) is 5.14. The molecule has 0 amide bonds. The number of nitrogens with zero attached hydrogens (tertiary/aromatic N) is 2. The lowest BCUT2D eigenvalue weighted by molar-refractivity contribution is 0.294. The molecule has 7 heteroatoms.